The summed E-state index contributed by atoms with van der Waals surface area (Å²) < 4.78 is 0. The quantitative estimate of drug-likeness (QED) is 0.724. The van der Waals surface area contributed by atoms with Crippen LogP contribution in [0.1, 0.15) is 18.4 Å². The molecule has 72 valence electrons. The van der Waals surface area contributed by atoms with E-state index in [1.807, 2.05) is 18.2 Å². The summed E-state index contributed by atoms with van der Waals surface area (Å²) >= 11 is 0. The van der Waals surface area contributed by atoms with Crippen LogP contribution in [0, 0.1) is 17.2 Å². The zero-order chi connectivity index (χ0) is 9.97. The molecule has 1 aliphatic rings. The molecule has 0 bridgehead atoms. The van der Waals surface area contributed by atoms with Gasteiger partial charge in [-0.2, -0.15) is 5.26 Å². The fourth-order valence-corrected chi connectivity index (χ4v) is 1.61. The minimum absolute atomic E-state index is 0.741. The number of nitrogens with zero attached hydrogens (tertiary/aromatic N) is 2. The van der Waals surface area contributed by atoms with Gasteiger partial charge in [-0.15, -0.1) is 0 Å². The van der Waals surface area contributed by atoms with Crippen molar-refractivity contribution >= 4 is 5.69 Å². The highest BCUT2D eigenvalue weighted by molar-refractivity contribution is 5.50. The summed E-state index contributed by atoms with van der Waals surface area (Å²) in [5.41, 5.74) is 1.89. The molecule has 0 radical (unpaired) electrons. The Bertz CT molecular complexity index is 361. The van der Waals surface area contributed by atoms with E-state index in [1.165, 1.54) is 12.8 Å². The van der Waals surface area contributed by atoms with Crippen LogP contribution in [-0.2, 0) is 0 Å². The molecule has 1 aromatic rings. The monoisotopic (exact) mass is 186 g/mol. The molecule has 0 unspecified atom stereocenters. The predicted octanol–water partition coefficient (Wildman–Crippen LogP) is 2.40. The lowest BCUT2D eigenvalue weighted by Crippen LogP contribution is -2.19. The van der Waals surface area contributed by atoms with Gasteiger partial charge in [0, 0.05) is 19.3 Å². The summed E-state index contributed by atoms with van der Waals surface area (Å²) in [6, 6.07) is 9.95. The molecule has 2 rings (SSSR count). The number of benzene rings is 1. The first-order valence-corrected chi connectivity index (χ1v) is 5.01. The van der Waals surface area contributed by atoms with E-state index in [-0.39, 0.29) is 0 Å². The van der Waals surface area contributed by atoms with Crippen molar-refractivity contribution in [3.8, 4) is 6.07 Å². The lowest BCUT2D eigenvalue weighted by Gasteiger charge is -2.18. The molecule has 1 saturated carbocycles. The highest BCUT2D eigenvalue weighted by Gasteiger charge is 2.22. The summed E-state index contributed by atoms with van der Waals surface area (Å²) in [5.74, 6) is 0.880. The smallest absolute Gasteiger partial charge is 0.0992 e. The molecule has 2 heteroatoms. The average molecular weight is 186 g/mol. The average Bonchev–Trinajstić information content (AvgIpc) is 3.02. The van der Waals surface area contributed by atoms with Crippen LogP contribution in [0.4, 0.5) is 5.69 Å². The maximum Gasteiger partial charge on any atom is 0.0992 e. The largest absolute Gasteiger partial charge is 0.374 e. The predicted molar refractivity (Wildman–Crippen MR) is 57.2 cm³/mol. The Kier molecular flexibility index (Phi) is 2.41. The van der Waals surface area contributed by atoms with E-state index in [2.05, 4.69) is 24.1 Å². The van der Waals surface area contributed by atoms with Gasteiger partial charge in [-0.1, -0.05) is 6.07 Å². The highest BCUT2D eigenvalue weighted by Crippen LogP contribution is 2.30. The number of anilines is 1. The van der Waals surface area contributed by atoms with Crippen molar-refractivity contribution in [3.63, 3.8) is 0 Å². The topological polar surface area (TPSA) is 27.0 Å². The van der Waals surface area contributed by atoms with Crippen LogP contribution in [-0.4, -0.2) is 13.6 Å². The Morgan fingerprint density at radius 2 is 2.29 bits per heavy atom. The molecule has 1 aliphatic carbocycles. The Labute approximate surface area is 84.8 Å². The second-order valence-electron chi connectivity index (χ2n) is 3.99. The number of rotatable bonds is 3. The third-order valence-corrected chi connectivity index (χ3v) is 2.65. The van der Waals surface area contributed by atoms with Gasteiger partial charge in [0.05, 0.1) is 11.6 Å². The minimum atomic E-state index is 0.741. The fourth-order valence-electron chi connectivity index (χ4n) is 1.61. The summed E-state index contributed by atoms with van der Waals surface area (Å²) in [7, 11) is 2.09. The van der Waals surface area contributed by atoms with Crippen molar-refractivity contribution in [1.29, 1.82) is 5.26 Å². The van der Waals surface area contributed by atoms with Crippen molar-refractivity contribution in [3.05, 3.63) is 29.8 Å². The van der Waals surface area contributed by atoms with Gasteiger partial charge in [0.25, 0.3) is 0 Å². The van der Waals surface area contributed by atoms with E-state index in [1.54, 1.807) is 0 Å². The molecular weight excluding hydrogens is 172 g/mol. The fraction of sp³-hybridized carbons (Fsp3) is 0.417. The van der Waals surface area contributed by atoms with Gasteiger partial charge >= 0.3 is 0 Å². The lowest BCUT2D eigenvalue weighted by molar-refractivity contribution is 0.787. The Morgan fingerprint density at radius 1 is 1.50 bits per heavy atom. The van der Waals surface area contributed by atoms with Crippen LogP contribution < -0.4 is 4.90 Å². The molecule has 1 aromatic carbocycles. The molecule has 14 heavy (non-hydrogen) atoms. The number of nitriles is 1. The first kappa shape index (κ1) is 9.08. The molecule has 0 aliphatic heterocycles. The van der Waals surface area contributed by atoms with E-state index >= 15 is 0 Å². The van der Waals surface area contributed by atoms with Crippen LogP contribution >= 0.6 is 0 Å². The maximum atomic E-state index is 8.77. The SMILES string of the molecule is CN(CC1CC1)c1cccc(C#N)c1. The zero-order valence-corrected chi connectivity index (χ0v) is 8.40. The van der Waals surface area contributed by atoms with Crippen molar-refractivity contribution < 1.29 is 0 Å². The molecule has 2 nitrogen and oxygen atoms in total. The second kappa shape index (κ2) is 3.71. The molecule has 0 spiro atoms. The molecule has 0 saturated heterocycles. The van der Waals surface area contributed by atoms with E-state index in [4.69, 9.17) is 5.26 Å². The third-order valence-electron chi connectivity index (χ3n) is 2.65. The zero-order valence-electron chi connectivity index (χ0n) is 8.40. The van der Waals surface area contributed by atoms with Crippen LogP contribution in [0.15, 0.2) is 24.3 Å². The Morgan fingerprint density at radius 3 is 2.93 bits per heavy atom. The van der Waals surface area contributed by atoms with Crippen LogP contribution in [0.3, 0.4) is 0 Å². The Balaban J connectivity index is 2.09. The Hall–Kier alpha value is -1.49. The van der Waals surface area contributed by atoms with Crippen molar-refractivity contribution in [2.24, 2.45) is 5.92 Å². The molecule has 0 amide bonds. The second-order valence-corrected chi connectivity index (χ2v) is 3.99. The molecule has 0 N–H and O–H groups in total. The minimum Gasteiger partial charge on any atom is -0.374 e. The highest BCUT2D eigenvalue weighted by atomic mass is 15.1. The van der Waals surface area contributed by atoms with Crippen LogP contribution in [0.2, 0.25) is 0 Å². The van der Waals surface area contributed by atoms with Crippen molar-refractivity contribution in [2.75, 3.05) is 18.5 Å². The summed E-state index contributed by atoms with van der Waals surface area (Å²) in [4.78, 5) is 2.23. The first-order valence-electron chi connectivity index (χ1n) is 5.01. The van der Waals surface area contributed by atoms with Gasteiger partial charge in [-0.05, 0) is 37.0 Å². The molecule has 1 fully saturated rings. The maximum absolute atomic E-state index is 8.77. The van der Waals surface area contributed by atoms with E-state index < -0.39 is 0 Å². The number of hydrogen-bond donors (Lipinski definition) is 0. The van der Waals surface area contributed by atoms with Crippen LogP contribution in [0.25, 0.3) is 0 Å². The standard InChI is InChI=1S/C12H14N2/c1-14(9-10-5-6-10)12-4-2-3-11(7-12)8-13/h2-4,7,10H,5-6,9H2,1H3. The van der Waals surface area contributed by atoms with Crippen molar-refractivity contribution in [2.45, 2.75) is 12.8 Å². The van der Waals surface area contributed by atoms with Gasteiger partial charge in [0.1, 0.15) is 0 Å². The normalized spacial score (nSPS) is 14.9. The van der Waals surface area contributed by atoms with Gasteiger partial charge in [-0.25, -0.2) is 0 Å². The van der Waals surface area contributed by atoms with Gasteiger partial charge in [0.15, 0.2) is 0 Å². The summed E-state index contributed by atoms with van der Waals surface area (Å²) in [6.07, 6.45) is 2.73. The lowest BCUT2D eigenvalue weighted by atomic mass is 10.2. The van der Waals surface area contributed by atoms with Gasteiger partial charge in [-0.3, -0.25) is 0 Å². The van der Waals surface area contributed by atoms with Crippen molar-refractivity contribution in [1.82, 2.24) is 0 Å². The third kappa shape index (κ3) is 2.05. The first-order chi connectivity index (χ1) is 6.79. The molecular formula is C12H14N2. The molecule has 0 aromatic heterocycles. The van der Waals surface area contributed by atoms with E-state index in [0.717, 1.165) is 23.7 Å². The van der Waals surface area contributed by atoms with E-state index in [0.29, 0.717) is 0 Å². The number of hydrogen-bond acceptors (Lipinski definition) is 2. The van der Waals surface area contributed by atoms with Gasteiger partial charge < -0.3 is 4.90 Å². The molecule has 0 atom stereocenters. The van der Waals surface area contributed by atoms with E-state index in [9.17, 15) is 0 Å². The van der Waals surface area contributed by atoms with Gasteiger partial charge in [0.2, 0.25) is 0 Å². The summed E-state index contributed by atoms with van der Waals surface area (Å²) in [5, 5.41) is 8.77. The van der Waals surface area contributed by atoms with Crippen LogP contribution in [0.5, 0.6) is 0 Å². The molecule has 0 heterocycles. The summed E-state index contributed by atoms with van der Waals surface area (Å²) in [6.45, 7) is 1.12.